The number of hydrogen-bond acceptors (Lipinski definition) is 9. The monoisotopic (exact) mass is 305 g/mol. The van der Waals surface area contributed by atoms with Gasteiger partial charge in [-0.1, -0.05) is 0 Å². The van der Waals surface area contributed by atoms with Gasteiger partial charge < -0.3 is 34.5 Å². The molecular weight excluding hydrogens is 293 g/mol. The molecule has 1 aromatic heterocycles. The molecule has 10 nitrogen and oxygen atoms in total. The van der Waals surface area contributed by atoms with Crippen LogP contribution in [-0.4, -0.2) is 33.5 Å². The van der Waals surface area contributed by atoms with E-state index in [4.69, 9.17) is 10.5 Å². The van der Waals surface area contributed by atoms with Crippen molar-refractivity contribution >= 4 is 13.6 Å². The quantitative estimate of drug-likeness (QED) is 0.564. The van der Waals surface area contributed by atoms with Gasteiger partial charge in [0.25, 0.3) is 0 Å². The summed E-state index contributed by atoms with van der Waals surface area (Å²) in [6.45, 7) is -0.612. The molecule has 112 valence electrons. The molecular formula is C9H12N3O7P-2. The summed E-state index contributed by atoms with van der Waals surface area (Å²) >= 11 is 0. The van der Waals surface area contributed by atoms with Crippen molar-refractivity contribution in [2.75, 3.05) is 12.3 Å². The predicted molar refractivity (Wildman–Crippen MR) is 61.0 cm³/mol. The molecule has 3 N–H and O–H groups in total. The summed E-state index contributed by atoms with van der Waals surface area (Å²) in [6, 6.07) is 1.38. The number of hydrogen-bond donors (Lipinski definition) is 2. The summed E-state index contributed by atoms with van der Waals surface area (Å²) in [4.78, 5) is 35.8. The van der Waals surface area contributed by atoms with Crippen LogP contribution in [0.2, 0.25) is 0 Å². The summed E-state index contributed by atoms with van der Waals surface area (Å²) in [5.74, 6) is 0.0447. The molecule has 0 radical (unpaired) electrons. The van der Waals surface area contributed by atoms with Gasteiger partial charge in [-0.25, -0.2) is 4.79 Å². The van der Waals surface area contributed by atoms with Crippen LogP contribution in [0.15, 0.2) is 17.1 Å². The van der Waals surface area contributed by atoms with E-state index in [1.165, 1.54) is 12.3 Å². The highest BCUT2D eigenvalue weighted by atomic mass is 31.2. The molecule has 11 heteroatoms. The molecule has 0 unspecified atom stereocenters. The summed E-state index contributed by atoms with van der Waals surface area (Å²) in [6.07, 6.45) is -1.56. The van der Waals surface area contributed by atoms with Crippen LogP contribution in [0.4, 0.5) is 5.82 Å². The second-order valence-electron chi connectivity index (χ2n) is 4.22. The Labute approximate surface area is 113 Å². The molecule has 2 heterocycles. The molecule has 20 heavy (non-hydrogen) atoms. The third-order valence-corrected chi connectivity index (χ3v) is 3.23. The summed E-state index contributed by atoms with van der Waals surface area (Å²) in [7, 11) is -5.14. The SMILES string of the molecule is Nc1ccn([C@@H]2C[C@@H](O)[C@H](COP(=O)([O-])[O-])O2)c(=O)n1. The van der Waals surface area contributed by atoms with Gasteiger partial charge in [-0.05, 0) is 6.07 Å². The predicted octanol–water partition coefficient (Wildman–Crippen LogP) is -2.68. The minimum Gasteiger partial charge on any atom is -0.790 e. The number of nitrogens with zero attached hydrogens (tertiary/aromatic N) is 2. The Morgan fingerprint density at radius 2 is 2.35 bits per heavy atom. The molecule has 2 rings (SSSR count). The number of ether oxygens (including phenoxy) is 1. The lowest BCUT2D eigenvalue weighted by Crippen LogP contribution is -2.29. The normalized spacial score (nSPS) is 26.9. The molecule has 0 aromatic carbocycles. The van der Waals surface area contributed by atoms with Gasteiger partial charge in [0, 0.05) is 12.6 Å². The largest absolute Gasteiger partial charge is 0.790 e. The number of rotatable bonds is 4. The maximum absolute atomic E-state index is 11.6. The highest BCUT2D eigenvalue weighted by Gasteiger charge is 2.35. The highest BCUT2D eigenvalue weighted by Crippen LogP contribution is 2.31. The van der Waals surface area contributed by atoms with Gasteiger partial charge in [-0.3, -0.25) is 4.57 Å². The zero-order valence-corrected chi connectivity index (χ0v) is 11.0. The number of nitrogen functional groups attached to an aromatic ring is 1. The van der Waals surface area contributed by atoms with Crippen molar-refractivity contribution in [1.82, 2.24) is 9.55 Å². The van der Waals surface area contributed by atoms with E-state index in [0.717, 1.165) is 4.57 Å². The van der Waals surface area contributed by atoms with Gasteiger partial charge in [-0.15, -0.1) is 0 Å². The number of phosphoric ester groups is 1. The van der Waals surface area contributed by atoms with Crippen molar-refractivity contribution in [2.45, 2.75) is 24.9 Å². The van der Waals surface area contributed by atoms with Gasteiger partial charge in [0.1, 0.15) is 18.1 Å². The first-order valence-electron chi connectivity index (χ1n) is 5.61. The fourth-order valence-corrected chi connectivity index (χ4v) is 2.18. The van der Waals surface area contributed by atoms with E-state index in [9.17, 15) is 24.3 Å². The smallest absolute Gasteiger partial charge is 0.351 e. The summed E-state index contributed by atoms with van der Waals surface area (Å²) in [5, 5.41) is 9.70. The third kappa shape index (κ3) is 3.63. The van der Waals surface area contributed by atoms with E-state index in [0.29, 0.717) is 0 Å². The van der Waals surface area contributed by atoms with Crippen molar-refractivity contribution < 1.29 is 28.7 Å². The molecule has 1 fully saturated rings. The van der Waals surface area contributed by atoms with Crippen LogP contribution in [0.3, 0.4) is 0 Å². The molecule has 1 aromatic rings. The van der Waals surface area contributed by atoms with Crippen LogP contribution in [0, 0.1) is 0 Å². The number of aliphatic hydroxyl groups excluding tert-OH is 1. The second-order valence-corrected chi connectivity index (χ2v) is 5.37. The first kappa shape index (κ1) is 15.1. The molecule has 0 aliphatic carbocycles. The zero-order valence-electron chi connectivity index (χ0n) is 10.1. The van der Waals surface area contributed by atoms with E-state index in [1.807, 2.05) is 0 Å². The zero-order chi connectivity index (χ0) is 14.9. The Hall–Kier alpha value is -1.29. The topological polar surface area (TPSA) is 163 Å². The van der Waals surface area contributed by atoms with E-state index in [-0.39, 0.29) is 12.2 Å². The van der Waals surface area contributed by atoms with E-state index in [1.54, 1.807) is 0 Å². The van der Waals surface area contributed by atoms with Crippen LogP contribution in [0.5, 0.6) is 0 Å². The van der Waals surface area contributed by atoms with Gasteiger partial charge in [0.05, 0.1) is 20.5 Å². The van der Waals surface area contributed by atoms with Gasteiger partial charge in [0.2, 0.25) is 0 Å². The van der Waals surface area contributed by atoms with Crippen molar-refractivity contribution in [3.8, 4) is 0 Å². The summed E-state index contributed by atoms with van der Waals surface area (Å²) in [5.41, 5.74) is 4.68. The molecule has 0 bridgehead atoms. The van der Waals surface area contributed by atoms with Gasteiger partial charge in [-0.2, -0.15) is 4.98 Å². The lowest BCUT2D eigenvalue weighted by atomic mass is 10.2. The van der Waals surface area contributed by atoms with Crippen LogP contribution in [0.25, 0.3) is 0 Å². The lowest BCUT2D eigenvalue weighted by molar-refractivity contribution is -0.343. The van der Waals surface area contributed by atoms with Crippen molar-refractivity contribution in [1.29, 1.82) is 0 Å². The van der Waals surface area contributed by atoms with E-state index < -0.39 is 38.6 Å². The van der Waals surface area contributed by atoms with Crippen LogP contribution >= 0.6 is 7.82 Å². The Morgan fingerprint density at radius 1 is 1.65 bits per heavy atom. The highest BCUT2D eigenvalue weighted by molar-refractivity contribution is 7.43. The Bertz CT molecular complexity index is 585. The average Bonchev–Trinajstić information content (AvgIpc) is 2.67. The minimum absolute atomic E-state index is 0.0293. The fourth-order valence-electron chi connectivity index (χ4n) is 1.85. The van der Waals surface area contributed by atoms with E-state index in [2.05, 4.69) is 9.51 Å². The van der Waals surface area contributed by atoms with E-state index >= 15 is 0 Å². The molecule has 1 saturated heterocycles. The van der Waals surface area contributed by atoms with Crippen molar-refractivity contribution in [2.24, 2.45) is 0 Å². The molecule has 0 spiro atoms. The van der Waals surface area contributed by atoms with Crippen molar-refractivity contribution in [3.63, 3.8) is 0 Å². The first-order valence-corrected chi connectivity index (χ1v) is 7.07. The average molecular weight is 305 g/mol. The molecule has 0 amide bonds. The number of aromatic nitrogens is 2. The second kappa shape index (κ2) is 5.60. The van der Waals surface area contributed by atoms with Gasteiger partial charge in [0.15, 0.2) is 0 Å². The minimum atomic E-state index is -5.14. The third-order valence-electron chi connectivity index (χ3n) is 2.76. The maximum atomic E-state index is 11.6. The molecule has 1 aliphatic heterocycles. The number of phosphoric acid groups is 1. The lowest BCUT2D eigenvalue weighted by Gasteiger charge is -2.30. The number of anilines is 1. The Kier molecular flexibility index (Phi) is 4.23. The fraction of sp³-hybridized carbons (Fsp3) is 0.556. The standard InChI is InChI=1S/C9H14N3O7P/c10-7-1-2-12(9(14)11-7)8-3-5(13)6(19-8)4-18-20(15,16)17/h1-2,5-6,8,13H,3-4H2,(H2,10,11,14)(H2,15,16,17)/p-2/t5-,6+,8+/m1/s1. The molecule has 1 aliphatic rings. The van der Waals surface area contributed by atoms with Crippen molar-refractivity contribution in [3.05, 3.63) is 22.7 Å². The van der Waals surface area contributed by atoms with Crippen LogP contribution < -0.4 is 21.2 Å². The molecule has 3 atom stereocenters. The Morgan fingerprint density at radius 3 is 2.95 bits per heavy atom. The molecule has 0 saturated carbocycles. The van der Waals surface area contributed by atoms with Gasteiger partial charge >= 0.3 is 5.69 Å². The number of nitrogens with two attached hydrogens (primary N) is 1. The first-order chi connectivity index (χ1) is 9.26. The van der Waals surface area contributed by atoms with Crippen LogP contribution in [-0.2, 0) is 13.8 Å². The van der Waals surface area contributed by atoms with Crippen LogP contribution in [0.1, 0.15) is 12.6 Å². The number of aliphatic hydroxyl groups is 1. The maximum Gasteiger partial charge on any atom is 0.351 e. The summed E-state index contributed by atoms with van der Waals surface area (Å²) < 4.78 is 20.8. The Balaban J connectivity index is 2.06.